The van der Waals surface area contributed by atoms with Crippen molar-refractivity contribution in [3.8, 4) is 5.75 Å². The van der Waals surface area contributed by atoms with E-state index in [1.54, 1.807) is 21.0 Å². The number of para-hydroxylation sites is 1. The lowest BCUT2D eigenvalue weighted by atomic mass is 10.1. The number of carbonyl (C=O) groups excluding carboxylic acids is 1. The minimum atomic E-state index is -3.65. The Balaban J connectivity index is 1.83. The predicted molar refractivity (Wildman–Crippen MR) is 110 cm³/mol. The molecule has 0 heterocycles. The van der Waals surface area contributed by atoms with Crippen LogP contribution in [0, 0.1) is 20.8 Å². The van der Waals surface area contributed by atoms with Crippen molar-refractivity contribution in [3.05, 3.63) is 58.7 Å². The van der Waals surface area contributed by atoms with E-state index in [0.29, 0.717) is 24.1 Å². The normalized spacial score (nSPS) is 11.3. The van der Waals surface area contributed by atoms with E-state index in [0.717, 1.165) is 16.9 Å². The van der Waals surface area contributed by atoms with Gasteiger partial charge in [-0.05, 0) is 49.9 Å². The van der Waals surface area contributed by atoms with Crippen LogP contribution >= 0.6 is 0 Å². The van der Waals surface area contributed by atoms with Gasteiger partial charge in [-0.25, -0.2) is 13.1 Å². The highest BCUT2D eigenvalue weighted by Gasteiger charge is 2.19. The van der Waals surface area contributed by atoms with E-state index >= 15 is 0 Å². The van der Waals surface area contributed by atoms with E-state index in [2.05, 4.69) is 10.0 Å². The molecule has 0 saturated carbocycles. The molecule has 0 aliphatic carbocycles. The molecule has 0 spiro atoms. The van der Waals surface area contributed by atoms with Crippen molar-refractivity contribution in [2.75, 3.05) is 20.2 Å². The molecule has 0 unspecified atom stereocenters. The SMILES string of the molecule is COc1ccccc1CCNC(=O)CCNS(=O)(=O)c1c(C)cc(C)cc1C. The summed E-state index contributed by atoms with van der Waals surface area (Å²) in [5.74, 6) is 0.586. The molecule has 2 aromatic carbocycles. The Morgan fingerprint density at radius 3 is 2.32 bits per heavy atom. The van der Waals surface area contributed by atoms with Crippen molar-refractivity contribution in [1.82, 2.24) is 10.0 Å². The lowest BCUT2D eigenvalue weighted by molar-refractivity contribution is -0.120. The molecular formula is C21H28N2O4S. The number of hydrogen-bond acceptors (Lipinski definition) is 4. The van der Waals surface area contributed by atoms with Crippen LogP contribution in [0.4, 0.5) is 0 Å². The molecule has 2 rings (SSSR count). The quantitative estimate of drug-likeness (QED) is 0.673. The monoisotopic (exact) mass is 404 g/mol. The predicted octanol–water partition coefficient (Wildman–Crippen LogP) is 2.65. The van der Waals surface area contributed by atoms with Gasteiger partial charge >= 0.3 is 0 Å². The van der Waals surface area contributed by atoms with Gasteiger partial charge in [-0.1, -0.05) is 35.9 Å². The first-order valence-electron chi connectivity index (χ1n) is 9.20. The third kappa shape index (κ3) is 5.81. The summed E-state index contributed by atoms with van der Waals surface area (Å²) < 4.78 is 33.0. The van der Waals surface area contributed by atoms with Gasteiger partial charge in [-0.3, -0.25) is 4.79 Å². The molecule has 7 heteroatoms. The Labute approximate surface area is 167 Å². The van der Waals surface area contributed by atoms with Crippen LogP contribution in [-0.4, -0.2) is 34.5 Å². The van der Waals surface area contributed by atoms with Crippen molar-refractivity contribution < 1.29 is 17.9 Å². The number of aryl methyl sites for hydroxylation is 3. The molecule has 28 heavy (non-hydrogen) atoms. The number of ether oxygens (including phenoxy) is 1. The number of sulfonamides is 1. The number of methoxy groups -OCH3 is 1. The van der Waals surface area contributed by atoms with Crippen LogP contribution in [-0.2, 0) is 21.2 Å². The molecule has 0 radical (unpaired) electrons. The lowest BCUT2D eigenvalue weighted by Crippen LogP contribution is -2.32. The second-order valence-corrected chi connectivity index (χ2v) is 8.49. The van der Waals surface area contributed by atoms with Crippen molar-refractivity contribution >= 4 is 15.9 Å². The molecule has 2 aromatic rings. The summed E-state index contributed by atoms with van der Waals surface area (Å²) in [7, 11) is -2.04. The number of benzene rings is 2. The fraction of sp³-hybridized carbons (Fsp3) is 0.381. The number of rotatable bonds is 9. The highest BCUT2D eigenvalue weighted by atomic mass is 32.2. The molecular weight excluding hydrogens is 376 g/mol. The van der Waals surface area contributed by atoms with Gasteiger partial charge in [0.05, 0.1) is 12.0 Å². The van der Waals surface area contributed by atoms with E-state index in [9.17, 15) is 13.2 Å². The van der Waals surface area contributed by atoms with Gasteiger partial charge in [0, 0.05) is 19.5 Å². The molecule has 1 amide bonds. The fourth-order valence-corrected chi connectivity index (χ4v) is 4.78. The number of amides is 1. The maximum absolute atomic E-state index is 12.6. The molecule has 0 atom stereocenters. The number of carbonyl (C=O) groups is 1. The van der Waals surface area contributed by atoms with Gasteiger partial charge in [0.1, 0.15) is 5.75 Å². The van der Waals surface area contributed by atoms with E-state index < -0.39 is 10.0 Å². The van der Waals surface area contributed by atoms with Crippen LogP contribution in [0.5, 0.6) is 5.75 Å². The Bertz CT molecular complexity index is 916. The van der Waals surface area contributed by atoms with Gasteiger partial charge in [0.25, 0.3) is 0 Å². The highest BCUT2D eigenvalue weighted by Crippen LogP contribution is 2.21. The molecule has 152 valence electrons. The Hall–Kier alpha value is -2.38. The molecule has 0 fully saturated rings. The molecule has 0 aliphatic heterocycles. The van der Waals surface area contributed by atoms with E-state index in [1.807, 2.05) is 43.3 Å². The number of hydrogen-bond donors (Lipinski definition) is 2. The van der Waals surface area contributed by atoms with Gasteiger partial charge in [-0.15, -0.1) is 0 Å². The Kier molecular flexibility index (Phi) is 7.60. The topological polar surface area (TPSA) is 84.5 Å². The molecule has 0 saturated heterocycles. The zero-order valence-electron chi connectivity index (χ0n) is 16.8. The Morgan fingerprint density at radius 1 is 1.04 bits per heavy atom. The Morgan fingerprint density at radius 2 is 1.68 bits per heavy atom. The first-order chi connectivity index (χ1) is 13.2. The highest BCUT2D eigenvalue weighted by molar-refractivity contribution is 7.89. The standard InChI is InChI=1S/C21H28N2O4S/c1-15-13-16(2)21(17(3)14-15)28(25,26)23-12-10-20(24)22-11-9-18-7-5-6-8-19(18)27-4/h5-8,13-14,23H,9-12H2,1-4H3,(H,22,24). The summed E-state index contributed by atoms with van der Waals surface area (Å²) in [5.41, 5.74) is 3.43. The van der Waals surface area contributed by atoms with Crippen LogP contribution < -0.4 is 14.8 Å². The van der Waals surface area contributed by atoms with Crippen molar-refractivity contribution in [1.29, 1.82) is 0 Å². The maximum atomic E-state index is 12.6. The van der Waals surface area contributed by atoms with Gasteiger partial charge < -0.3 is 10.1 Å². The van der Waals surface area contributed by atoms with Gasteiger partial charge in [-0.2, -0.15) is 0 Å². The third-order valence-electron chi connectivity index (χ3n) is 4.43. The van der Waals surface area contributed by atoms with E-state index in [4.69, 9.17) is 4.74 Å². The average molecular weight is 405 g/mol. The first kappa shape index (κ1) is 21.9. The lowest BCUT2D eigenvalue weighted by Gasteiger charge is -2.13. The van der Waals surface area contributed by atoms with Crippen LogP contribution in [0.1, 0.15) is 28.7 Å². The second kappa shape index (κ2) is 9.71. The summed E-state index contributed by atoms with van der Waals surface area (Å²) in [5, 5.41) is 2.81. The van der Waals surface area contributed by atoms with Crippen molar-refractivity contribution in [3.63, 3.8) is 0 Å². The minimum absolute atomic E-state index is 0.0512. The fourth-order valence-electron chi connectivity index (χ4n) is 3.30. The van der Waals surface area contributed by atoms with Crippen LogP contribution in [0.3, 0.4) is 0 Å². The zero-order chi connectivity index (χ0) is 20.7. The van der Waals surface area contributed by atoms with Crippen LogP contribution in [0.2, 0.25) is 0 Å². The van der Waals surface area contributed by atoms with E-state index in [1.165, 1.54) is 0 Å². The summed E-state index contributed by atoms with van der Waals surface area (Å²) >= 11 is 0. The minimum Gasteiger partial charge on any atom is -0.496 e. The van der Waals surface area contributed by atoms with Gasteiger partial charge in [0.2, 0.25) is 15.9 Å². The molecule has 0 aliphatic rings. The molecule has 0 aromatic heterocycles. The second-order valence-electron chi connectivity index (χ2n) is 6.79. The molecule has 2 N–H and O–H groups in total. The largest absolute Gasteiger partial charge is 0.496 e. The zero-order valence-corrected chi connectivity index (χ0v) is 17.7. The van der Waals surface area contributed by atoms with Crippen LogP contribution in [0.25, 0.3) is 0 Å². The maximum Gasteiger partial charge on any atom is 0.241 e. The summed E-state index contributed by atoms with van der Waals surface area (Å²) in [6.45, 7) is 6.00. The molecule has 0 bridgehead atoms. The summed E-state index contributed by atoms with van der Waals surface area (Å²) in [6, 6.07) is 11.3. The molecule has 6 nitrogen and oxygen atoms in total. The van der Waals surface area contributed by atoms with E-state index in [-0.39, 0.29) is 23.8 Å². The van der Waals surface area contributed by atoms with Gasteiger partial charge in [0.15, 0.2) is 0 Å². The summed E-state index contributed by atoms with van der Waals surface area (Å²) in [4.78, 5) is 12.3. The van der Waals surface area contributed by atoms with Crippen LogP contribution in [0.15, 0.2) is 41.3 Å². The third-order valence-corrected chi connectivity index (χ3v) is 6.19. The van der Waals surface area contributed by atoms with Crippen molar-refractivity contribution in [2.45, 2.75) is 38.5 Å². The smallest absolute Gasteiger partial charge is 0.241 e. The first-order valence-corrected chi connectivity index (χ1v) is 10.7. The number of nitrogens with one attached hydrogen (secondary N) is 2. The van der Waals surface area contributed by atoms with Crippen molar-refractivity contribution in [2.24, 2.45) is 0 Å². The average Bonchev–Trinajstić information content (AvgIpc) is 2.60. The summed E-state index contributed by atoms with van der Waals surface area (Å²) in [6.07, 6.45) is 0.721.